The third-order valence-corrected chi connectivity index (χ3v) is 4.63. The number of nitrogens with one attached hydrogen (secondary N) is 1. The third-order valence-electron chi connectivity index (χ3n) is 3.63. The Morgan fingerprint density at radius 2 is 2.21 bits per heavy atom. The number of carbonyl (C=O) groups is 1. The summed E-state index contributed by atoms with van der Waals surface area (Å²) in [5.41, 5.74) is 0. The van der Waals surface area contributed by atoms with E-state index in [9.17, 15) is 13.6 Å². The summed E-state index contributed by atoms with van der Waals surface area (Å²) >= 11 is 1.18. The molecule has 7 heteroatoms. The van der Waals surface area contributed by atoms with Gasteiger partial charge >= 0.3 is 0 Å². The van der Waals surface area contributed by atoms with E-state index in [0.29, 0.717) is 24.0 Å². The van der Waals surface area contributed by atoms with Crippen molar-refractivity contribution in [1.29, 1.82) is 0 Å². The van der Waals surface area contributed by atoms with Crippen LogP contribution in [0.2, 0.25) is 0 Å². The average Bonchev–Trinajstić information content (AvgIpc) is 2.54. The van der Waals surface area contributed by atoms with Crippen molar-refractivity contribution in [2.45, 2.75) is 24.8 Å². The van der Waals surface area contributed by atoms with Gasteiger partial charge in [0.15, 0.2) is 11.6 Å². The predicted octanol–water partition coefficient (Wildman–Crippen LogP) is 2.53. The summed E-state index contributed by atoms with van der Waals surface area (Å²) in [6.45, 7) is 8.27. The Kier molecular flexibility index (Phi) is 7.45. The third kappa shape index (κ3) is 6.37. The molecule has 1 saturated heterocycles. The quantitative estimate of drug-likeness (QED) is 0.761. The molecule has 0 radical (unpaired) electrons. The van der Waals surface area contributed by atoms with E-state index in [0.717, 1.165) is 31.8 Å². The maximum atomic E-state index is 13.1. The lowest BCUT2D eigenvalue weighted by atomic mass is 10.2. The van der Waals surface area contributed by atoms with Gasteiger partial charge in [-0.15, -0.1) is 11.8 Å². The topological polar surface area (TPSA) is 41.6 Å². The van der Waals surface area contributed by atoms with Gasteiger partial charge in [-0.05, 0) is 24.1 Å². The van der Waals surface area contributed by atoms with E-state index in [1.165, 1.54) is 17.8 Å². The number of carbonyl (C=O) groups excluding carboxylic acids is 1. The lowest BCUT2D eigenvalue weighted by Crippen LogP contribution is -2.48. The van der Waals surface area contributed by atoms with Crippen LogP contribution in [0.5, 0.6) is 0 Å². The second-order valence-electron chi connectivity index (χ2n) is 6.31. The molecule has 0 aliphatic carbocycles. The fourth-order valence-electron chi connectivity index (χ4n) is 2.58. The van der Waals surface area contributed by atoms with Gasteiger partial charge in [0.05, 0.1) is 18.5 Å². The zero-order valence-electron chi connectivity index (χ0n) is 14.1. The van der Waals surface area contributed by atoms with E-state index >= 15 is 0 Å². The number of hydrogen-bond acceptors (Lipinski definition) is 4. The number of thioether (sulfide) groups is 1. The number of morpholine rings is 1. The van der Waals surface area contributed by atoms with Crippen LogP contribution in [-0.2, 0) is 9.53 Å². The molecular formula is C17H24F2N2O2S. The van der Waals surface area contributed by atoms with Crippen molar-refractivity contribution in [3.05, 3.63) is 29.8 Å². The van der Waals surface area contributed by atoms with Crippen LogP contribution < -0.4 is 5.32 Å². The lowest BCUT2D eigenvalue weighted by molar-refractivity contribution is -0.119. The molecule has 1 aliphatic heterocycles. The summed E-state index contributed by atoms with van der Waals surface area (Å²) in [4.78, 5) is 14.8. The van der Waals surface area contributed by atoms with Gasteiger partial charge in [0.1, 0.15) is 0 Å². The fourth-order valence-corrected chi connectivity index (χ4v) is 3.33. The predicted molar refractivity (Wildman–Crippen MR) is 91.1 cm³/mol. The monoisotopic (exact) mass is 358 g/mol. The van der Waals surface area contributed by atoms with Crippen LogP contribution >= 0.6 is 11.8 Å². The van der Waals surface area contributed by atoms with E-state index in [2.05, 4.69) is 24.1 Å². The number of amides is 1. The Hall–Kier alpha value is -1.18. The normalized spacial score (nSPS) is 18.8. The molecule has 1 heterocycles. The summed E-state index contributed by atoms with van der Waals surface area (Å²) in [6.07, 6.45) is -0.00489. The van der Waals surface area contributed by atoms with Gasteiger partial charge in [0, 0.05) is 31.1 Å². The van der Waals surface area contributed by atoms with E-state index in [4.69, 9.17) is 4.74 Å². The molecule has 1 unspecified atom stereocenters. The molecule has 1 aromatic rings. The van der Waals surface area contributed by atoms with Crippen molar-refractivity contribution in [3.8, 4) is 0 Å². The van der Waals surface area contributed by atoms with Crippen LogP contribution in [0.15, 0.2) is 23.1 Å². The molecule has 0 aromatic heterocycles. The number of ether oxygens (including phenoxy) is 1. The van der Waals surface area contributed by atoms with Gasteiger partial charge < -0.3 is 10.1 Å². The maximum absolute atomic E-state index is 13.1. The van der Waals surface area contributed by atoms with Crippen LogP contribution in [-0.4, -0.2) is 55.4 Å². The van der Waals surface area contributed by atoms with E-state index in [-0.39, 0.29) is 17.8 Å². The molecule has 4 nitrogen and oxygen atoms in total. The van der Waals surface area contributed by atoms with Crippen molar-refractivity contribution in [2.75, 3.05) is 38.5 Å². The first-order valence-corrected chi connectivity index (χ1v) is 9.11. The molecule has 0 saturated carbocycles. The summed E-state index contributed by atoms with van der Waals surface area (Å²) in [5.74, 6) is -1.17. The van der Waals surface area contributed by atoms with Gasteiger partial charge in [0.25, 0.3) is 0 Å². The molecule has 0 bridgehead atoms. The van der Waals surface area contributed by atoms with Crippen molar-refractivity contribution in [1.82, 2.24) is 10.2 Å². The Morgan fingerprint density at radius 1 is 1.42 bits per heavy atom. The van der Waals surface area contributed by atoms with Gasteiger partial charge in [-0.1, -0.05) is 13.8 Å². The molecule has 134 valence electrons. The smallest absolute Gasteiger partial charge is 0.230 e. The van der Waals surface area contributed by atoms with E-state index < -0.39 is 11.6 Å². The highest BCUT2D eigenvalue weighted by atomic mass is 32.2. The molecule has 0 spiro atoms. The molecule has 24 heavy (non-hydrogen) atoms. The Labute approximate surface area is 145 Å². The van der Waals surface area contributed by atoms with Crippen LogP contribution in [0.3, 0.4) is 0 Å². The highest BCUT2D eigenvalue weighted by Gasteiger charge is 2.21. The van der Waals surface area contributed by atoms with E-state index in [1.807, 2.05) is 0 Å². The Morgan fingerprint density at radius 3 is 2.92 bits per heavy atom. The molecule has 2 rings (SSSR count). The minimum Gasteiger partial charge on any atom is -0.374 e. The summed E-state index contributed by atoms with van der Waals surface area (Å²) < 4.78 is 31.6. The summed E-state index contributed by atoms with van der Waals surface area (Å²) in [6, 6.07) is 3.63. The largest absolute Gasteiger partial charge is 0.374 e. The van der Waals surface area contributed by atoms with Crippen molar-refractivity contribution in [3.63, 3.8) is 0 Å². The van der Waals surface area contributed by atoms with Gasteiger partial charge in [-0.3, -0.25) is 9.69 Å². The molecule has 1 aliphatic rings. The number of halogens is 2. The van der Waals surface area contributed by atoms with Crippen molar-refractivity contribution >= 4 is 17.7 Å². The van der Waals surface area contributed by atoms with Crippen LogP contribution in [0, 0.1) is 17.6 Å². The minimum absolute atomic E-state index is 0.00489. The van der Waals surface area contributed by atoms with Gasteiger partial charge in [-0.25, -0.2) is 8.78 Å². The van der Waals surface area contributed by atoms with Crippen LogP contribution in [0.25, 0.3) is 0 Å². The molecule has 1 N–H and O–H groups in total. The zero-order valence-corrected chi connectivity index (χ0v) is 14.9. The molecule has 1 aromatic carbocycles. The maximum Gasteiger partial charge on any atom is 0.230 e. The highest BCUT2D eigenvalue weighted by molar-refractivity contribution is 8.00. The molecule has 1 atom stereocenters. The lowest BCUT2D eigenvalue weighted by Gasteiger charge is -2.33. The first-order valence-electron chi connectivity index (χ1n) is 8.12. The standard InChI is InChI=1S/C17H24F2N2O2S/c1-12(2)9-21-5-6-23-13(10-21)8-20-17(22)11-24-14-3-4-15(18)16(19)7-14/h3-4,7,12-13H,5-6,8-11H2,1-2H3,(H,20,22). The van der Waals surface area contributed by atoms with Crippen molar-refractivity contribution in [2.24, 2.45) is 5.92 Å². The molecular weight excluding hydrogens is 334 g/mol. The first-order chi connectivity index (χ1) is 11.4. The first kappa shape index (κ1) is 19.1. The average molecular weight is 358 g/mol. The SMILES string of the molecule is CC(C)CN1CCOC(CNC(=O)CSc2ccc(F)c(F)c2)C1. The van der Waals surface area contributed by atoms with Crippen molar-refractivity contribution < 1.29 is 18.3 Å². The Balaban J connectivity index is 1.69. The number of rotatable bonds is 7. The number of nitrogens with zero attached hydrogens (tertiary/aromatic N) is 1. The second kappa shape index (κ2) is 9.34. The van der Waals surface area contributed by atoms with Gasteiger partial charge in [0.2, 0.25) is 5.91 Å². The number of hydrogen-bond donors (Lipinski definition) is 1. The van der Waals surface area contributed by atoms with Crippen LogP contribution in [0.1, 0.15) is 13.8 Å². The van der Waals surface area contributed by atoms with E-state index in [1.54, 1.807) is 0 Å². The van der Waals surface area contributed by atoms with Crippen LogP contribution in [0.4, 0.5) is 8.78 Å². The molecule has 1 fully saturated rings. The van der Waals surface area contributed by atoms with Gasteiger partial charge in [-0.2, -0.15) is 0 Å². The zero-order chi connectivity index (χ0) is 17.5. The summed E-state index contributed by atoms with van der Waals surface area (Å²) in [7, 11) is 0. The summed E-state index contributed by atoms with van der Waals surface area (Å²) in [5, 5.41) is 2.84. The molecule has 1 amide bonds. The highest BCUT2D eigenvalue weighted by Crippen LogP contribution is 2.20. The minimum atomic E-state index is -0.902. The second-order valence-corrected chi connectivity index (χ2v) is 7.36. The Bertz CT molecular complexity index is 557. The fraction of sp³-hybridized carbons (Fsp3) is 0.588. The number of benzene rings is 1.